The Labute approximate surface area is 416 Å². The molecule has 380 valence electrons. The Morgan fingerprint density at radius 3 is 2.26 bits per heavy atom. The van der Waals surface area contributed by atoms with Gasteiger partial charge in [-0.15, -0.1) is 6.58 Å². The molecule has 1 saturated carbocycles. The Morgan fingerprint density at radius 1 is 0.800 bits per heavy atom. The van der Waals surface area contributed by atoms with Crippen LogP contribution in [-0.4, -0.2) is 78.6 Å². The Kier molecular flexibility index (Phi) is 20.5. The molecular formula is C58H78N2O10. The van der Waals surface area contributed by atoms with Crippen LogP contribution in [0.15, 0.2) is 109 Å². The number of unbranched alkanes of at least 4 members (excludes halogenated alkanes) is 11. The number of ether oxygens (including phenoxy) is 6. The van der Waals surface area contributed by atoms with Crippen molar-refractivity contribution in [2.75, 3.05) is 39.8 Å². The number of benzene rings is 3. The van der Waals surface area contributed by atoms with Gasteiger partial charge in [-0.1, -0.05) is 144 Å². The normalized spacial score (nSPS) is 22.3. The highest BCUT2D eigenvalue weighted by Crippen LogP contribution is 2.62. The summed E-state index contributed by atoms with van der Waals surface area (Å²) in [6.07, 6.45) is 21.9. The first-order valence-corrected chi connectivity index (χ1v) is 26.2. The fourth-order valence-corrected chi connectivity index (χ4v) is 11.0. The van der Waals surface area contributed by atoms with E-state index in [0.29, 0.717) is 48.2 Å². The first kappa shape index (κ1) is 52.5. The largest absolute Gasteiger partial charge is 0.490 e. The molecule has 6 atom stereocenters. The zero-order valence-corrected chi connectivity index (χ0v) is 41.6. The van der Waals surface area contributed by atoms with Gasteiger partial charge in [-0.05, 0) is 91.0 Å². The van der Waals surface area contributed by atoms with E-state index < -0.39 is 23.8 Å². The first-order valence-electron chi connectivity index (χ1n) is 26.2. The Bertz CT molecular complexity index is 2180. The highest BCUT2D eigenvalue weighted by molar-refractivity contribution is 6.03. The molecule has 7 rings (SSSR count). The number of carbonyl (C=O) groups excluding carboxylic acids is 1. The fraction of sp³-hybridized carbons (Fsp3) is 0.552. The molecule has 2 aliphatic carbocycles. The predicted molar refractivity (Wildman–Crippen MR) is 273 cm³/mol. The average molecular weight is 963 g/mol. The number of rotatable bonds is 31. The number of hydrogen-bond acceptors (Lipinski definition) is 11. The van der Waals surface area contributed by atoms with Crippen molar-refractivity contribution < 1.29 is 48.3 Å². The summed E-state index contributed by atoms with van der Waals surface area (Å²) in [6.45, 7) is 11.7. The Morgan fingerprint density at radius 2 is 1.51 bits per heavy atom. The summed E-state index contributed by atoms with van der Waals surface area (Å²) in [5, 5.41) is 25.1. The monoisotopic (exact) mass is 963 g/mol. The first-order chi connectivity index (χ1) is 34.4. The van der Waals surface area contributed by atoms with Crippen molar-refractivity contribution in [1.29, 1.82) is 0 Å². The molecule has 12 nitrogen and oxygen atoms in total. The van der Waals surface area contributed by atoms with Crippen molar-refractivity contribution in [1.82, 2.24) is 4.90 Å². The summed E-state index contributed by atoms with van der Waals surface area (Å²) >= 11 is 0. The van der Waals surface area contributed by atoms with E-state index in [9.17, 15) is 10.2 Å². The van der Waals surface area contributed by atoms with Gasteiger partial charge in [-0.3, -0.25) is 4.90 Å². The van der Waals surface area contributed by atoms with Crippen molar-refractivity contribution in [2.45, 2.75) is 147 Å². The molecular weight excluding hydrogens is 885 g/mol. The van der Waals surface area contributed by atoms with Crippen LogP contribution in [0.2, 0.25) is 0 Å². The zero-order chi connectivity index (χ0) is 49.0. The summed E-state index contributed by atoms with van der Waals surface area (Å²) in [4.78, 5) is 23.3. The van der Waals surface area contributed by atoms with E-state index in [-0.39, 0.29) is 70.5 Å². The SMILES string of the molecule is C=CCOc1ccc2c(c1)[C@H]1[C@H](CCCCO)[C@@H](CCCCO)C=C3C(=NOCc4ccccc4)C[C@H](N(Cc4ccc5c(c4)OCO5)C(=O)OCCCCCCCCCCCC)[C@@](OCC=C)(O2)[C@H]31. The molecule has 0 saturated heterocycles. The van der Waals surface area contributed by atoms with Crippen LogP contribution in [0.1, 0.15) is 139 Å². The molecule has 2 heterocycles. The molecule has 1 fully saturated rings. The third-order valence-electron chi connectivity index (χ3n) is 14.4. The number of fused-ring (bicyclic) bond motifs is 3. The molecule has 0 spiro atoms. The lowest BCUT2D eigenvalue weighted by molar-refractivity contribution is -0.256. The lowest BCUT2D eigenvalue weighted by atomic mass is 9.55. The van der Waals surface area contributed by atoms with Gasteiger partial charge in [0.15, 0.2) is 11.5 Å². The van der Waals surface area contributed by atoms with E-state index >= 15 is 4.79 Å². The second-order valence-corrected chi connectivity index (χ2v) is 19.2. The summed E-state index contributed by atoms with van der Waals surface area (Å²) in [5.41, 5.74) is 4.44. The van der Waals surface area contributed by atoms with Gasteiger partial charge < -0.3 is 43.5 Å². The molecule has 2 aliphatic heterocycles. The lowest BCUT2D eigenvalue weighted by Gasteiger charge is -2.59. The van der Waals surface area contributed by atoms with E-state index in [0.717, 1.165) is 67.2 Å². The van der Waals surface area contributed by atoms with Crippen LogP contribution in [0.25, 0.3) is 0 Å². The Balaban J connectivity index is 1.33. The van der Waals surface area contributed by atoms with Crippen molar-refractivity contribution in [3.05, 3.63) is 120 Å². The lowest BCUT2D eigenvalue weighted by Crippen LogP contribution is -2.70. The maximum Gasteiger partial charge on any atom is 0.410 e. The highest BCUT2D eigenvalue weighted by atomic mass is 16.7. The second kappa shape index (κ2) is 27.3. The van der Waals surface area contributed by atoms with Crippen LogP contribution in [0, 0.1) is 17.8 Å². The average Bonchev–Trinajstić information content (AvgIpc) is 3.86. The predicted octanol–water partition coefficient (Wildman–Crippen LogP) is 12.4. The topological polar surface area (TPSA) is 138 Å². The summed E-state index contributed by atoms with van der Waals surface area (Å²) in [6, 6.07) is 20.9. The van der Waals surface area contributed by atoms with Gasteiger partial charge in [-0.2, -0.15) is 0 Å². The molecule has 2 N–H and O–H groups in total. The number of nitrogens with zero attached hydrogens (tertiary/aromatic N) is 2. The van der Waals surface area contributed by atoms with E-state index in [2.05, 4.69) is 32.2 Å². The third-order valence-corrected chi connectivity index (χ3v) is 14.4. The minimum absolute atomic E-state index is 0.0545. The highest BCUT2D eigenvalue weighted by Gasteiger charge is 2.65. The molecule has 0 bridgehead atoms. The minimum Gasteiger partial charge on any atom is -0.490 e. The smallest absolute Gasteiger partial charge is 0.410 e. The zero-order valence-electron chi connectivity index (χ0n) is 41.6. The van der Waals surface area contributed by atoms with Gasteiger partial charge in [0.2, 0.25) is 12.6 Å². The van der Waals surface area contributed by atoms with Crippen LogP contribution in [0.5, 0.6) is 23.0 Å². The summed E-state index contributed by atoms with van der Waals surface area (Å²) in [7, 11) is 0. The Hall–Kier alpha value is -5.30. The standard InChI is InChI=1S/C58H78N2O10/c1-4-7-8-9-10-11-12-13-14-22-35-65-57(63)60(40-44-27-29-52-53(36-44)67-42-66-52)54-39-50(59-69-41-43-23-16-15-17-24-43)48-37-45(25-18-20-31-61)47(26-19-21-32-62)55-49-38-46(64-33-5-2)28-30-51(49)70-58(54,56(48)55)68-34-6-3/h5-6,15-17,23-24,27-30,36-38,45,47,54-56,61-62H,2-4,7-14,18-22,25-26,31-35,39-42H2,1H3/t45-,47+,54-,55+,56+,58+/m0/s1. The van der Waals surface area contributed by atoms with Crippen molar-refractivity contribution in [3.8, 4) is 23.0 Å². The van der Waals surface area contributed by atoms with Crippen molar-refractivity contribution in [3.63, 3.8) is 0 Å². The molecule has 0 unspecified atom stereocenters. The van der Waals surface area contributed by atoms with Gasteiger partial charge in [0.05, 0.1) is 24.8 Å². The molecule has 4 aliphatic rings. The molecule has 12 heteroatoms. The number of oxime groups is 1. The maximum absolute atomic E-state index is 15.2. The van der Waals surface area contributed by atoms with Gasteiger partial charge in [0, 0.05) is 37.7 Å². The van der Waals surface area contributed by atoms with Crippen LogP contribution in [0.3, 0.4) is 0 Å². The van der Waals surface area contributed by atoms with E-state index in [1.807, 2.05) is 60.7 Å². The second-order valence-electron chi connectivity index (χ2n) is 19.2. The van der Waals surface area contributed by atoms with Crippen LogP contribution < -0.4 is 18.9 Å². The van der Waals surface area contributed by atoms with Gasteiger partial charge in [-0.25, -0.2) is 4.79 Å². The molecule has 0 aromatic heterocycles. The van der Waals surface area contributed by atoms with E-state index in [1.165, 1.54) is 44.9 Å². The number of aliphatic hydroxyl groups excluding tert-OH is 2. The molecule has 3 aromatic carbocycles. The third kappa shape index (κ3) is 13.4. The van der Waals surface area contributed by atoms with Gasteiger partial charge >= 0.3 is 6.09 Å². The van der Waals surface area contributed by atoms with Gasteiger partial charge in [0.25, 0.3) is 0 Å². The number of allylic oxidation sites excluding steroid dienone is 1. The van der Waals surface area contributed by atoms with Crippen molar-refractivity contribution >= 4 is 11.8 Å². The minimum atomic E-state index is -1.46. The van der Waals surface area contributed by atoms with E-state index in [1.54, 1.807) is 17.1 Å². The molecule has 0 radical (unpaired) electrons. The maximum atomic E-state index is 15.2. The number of carbonyl (C=O) groups is 1. The van der Waals surface area contributed by atoms with Gasteiger partial charge in [0.1, 0.15) is 30.8 Å². The molecule has 70 heavy (non-hydrogen) atoms. The number of hydrogen-bond donors (Lipinski definition) is 2. The molecule has 3 aromatic rings. The molecule has 1 amide bonds. The quantitative estimate of drug-likeness (QED) is 0.0364. The van der Waals surface area contributed by atoms with Crippen LogP contribution in [0.4, 0.5) is 4.79 Å². The van der Waals surface area contributed by atoms with Crippen molar-refractivity contribution in [2.24, 2.45) is 22.9 Å². The summed E-state index contributed by atoms with van der Waals surface area (Å²) in [5.74, 6) is 0.566. The summed E-state index contributed by atoms with van der Waals surface area (Å²) < 4.78 is 38.7. The van der Waals surface area contributed by atoms with Crippen LogP contribution in [-0.2, 0) is 27.5 Å². The number of amides is 1. The van der Waals surface area contributed by atoms with Crippen LogP contribution >= 0.6 is 0 Å². The van der Waals surface area contributed by atoms with E-state index in [4.69, 9.17) is 38.4 Å². The fourth-order valence-electron chi connectivity index (χ4n) is 11.0. The number of aliphatic hydroxyl groups is 2.